The first-order chi connectivity index (χ1) is 9.72. The molecular weight excluding hydrogens is 242 g/mol. The fourth-order valence-corrected chi connectivity index (χ4v) is 3.66. The molecule has 1 aliphatic rings. The van der Waals surface area contributed by atoms with Crippen LogP contribution in [0.4, 0.5) is 0 Å². The topological polar surface area (TPSA) is 12.0 Å². The van der Waals surface area contributed by atoms with Gasteiger partial charge in [0, 0.05) is 6.04 Å². The van der Waals surface area contributed by atoms with E-state index < -0.39 is 0 Å². The van der Waals surface area contributed by atoms with Crippen molar-refractivity contribution in [1.82, 2.24) is 5.32 Å². The number of hydrogen-bond acceptors (Lipinski definition) is 1. The molecule has 1 N–H and O–H groups in total. The van der Waals surface area contributed by atoms with E-state index in [0.717, 1.165) is 12.5 Å². The van der Waals surface area contributed by atoms with Gasteiger partial charge < -0.3 is 5.32 Å². The molecule has 0 radical (unpaired) electrons. The van der Waals surface area contributed by atoms with Crippen molar-refractivity contribution in [1.29, 1.82) is 0 Å². The summed E-state index contributed by atoms with van der Waals surface area (Å²) in [5.74, 6) is 0.884. The minimum atomic E-state index is 0.676. The standard InChI is InChI=1S/C19H31N/c1-4-13-20-19(17-11-6-5-7-12-17)14-18-15(2)9-8-10-16(18)3/h8-10,17,19-20H,4-7,11-14H2,1-3H3. The minimum Gasteiger partial charge on any atom is -0.313 e. The largest absolute Gasteiger partial charge is 0.313 e. The second-order valence-corrected chi connectivity index (χ2v) is 6.53. The molecule has 1 atom stereocenters. The fourth-order valence-electron chi connectivity index (χ4n) is 3.66. The van der Waals surface area contributed by atoms with E-state index in [0.29, 0.717) is 6.04 Å². The zero-order valence-electron chi connectivity index (χ0n) is 13.5. The molecule has 1 fully saturated rings. The third-order valence-corrected chi connectivity index (χ3v) is 4.94. The lowest BCUT2D eigenvalue weighted by molar-refractivity contribution is 0.267. The molecule has 1 aliphatic carbocycles. The highest BCUT2D eigenvalue weighted by Gasteiger charge is 2.24. The van der Waals surface area contributed by atoms with Crippen molar-refractivity contribution < 1.29 is 0 Å². The Morgan fingerprint density at radius 3 is 2.35 bits per heavy atom. The molecule has 0 aromatic heterocycles. The third kappa shape index (κ3) is 4.09. The van der Waals surface area contributed by atoms with Crippen molar-refractivity contribution in [3.05, 3.63) is 34.9 Å². The van der Waals surface area contributed by atoms with Gasteiger partial charge in [0.15, 0.2) is 0 Å². The summed E-state index contributed by atoms with van der Waals surface area (Å²) in [5.41, 5.74) is 4.50. The Morgan fingerprint density at radius 2 is 1.75 bits per heavy atom. The van der Waals surface area contributed by atoms with Gasteiger partial charge in [0.2, 0.25) is 0 Å². The lowest BCUT2D eigenvalue weighted by Gasteiger charge is -2.32. The van der Waals surface area contributed by atoms with Crippen molar-refractivity contribution in [2.75, 3.05) is 6.54 Å². The molecule has 0 aliphatic heterocycles. The summed E-state index contributed by atoms with van der Waals surface area (Å²) in [7, 11) is 0. The Morgan fingerprint density at radius 1 is 1.10 bits per heavy atom. The SMILES string of the molecule is CCCNC(Cc1c(C)cccc1C)C1CCCCC1. The highest BCUT2D eigenvalue weighted by molar-refractivity contribution is 5.34. The van der Waals surface area contributed by atoms with Gasteiger partial charge in [-0.05, 0) is 68.7 Å². The molecule has 20 heavy (non-hydrogen) atoms. The van der Waals surface area contributed by atoms with Crippen LogP contribution in [-0.4, -0.2) is 12.6 Å². The third-order valence-electron chi connectivity index (χ3n) is 4.94. The Balaban J connectivity index is 2.09. The monoisotopic (exact) mass is 273 g/mol. The molecule has 1 aromatic carbocycles. The molecule has 2 rings (SSSR count). The smallest absolute Gasteiger partial charge is 0.0136 e. The van der Waals surface area contributed by atoms with E-state index in [-0.39, 0.29) is 0 Å². The molecule has 0 heterocycles. The predicted molar refractivity (Wildman–Crippen MR) is 88.3 cm³/mol. The summed E-state index contributed by atoms with van der Waals surface area (Å²) in [6.07, 6.45) is 9.60. The number of nitrogens with one attached hydrogen (secondary N) is 1. The van der Waals surface area contributed by atoms with Gasteiger partial charge in [0.1, 0.15) is 0 Å². The van der Waals surface area contributed by atoms with E-state index in [2.05, 4.69) is 44.3 Å². The van der Waals surface area contributed by atoms with E-state index in [9.17, 15) is 0 Å². The van der Waals surface area contributed by atoms with Gasteiger partial charge in [-0.3, -0.25) is 0 Å². The van der Waals surface area contributed by atoms with Gasteiger partial charge in [-0.2, -0.15) is 0 Å². The summed E-state index contributed by atoms with van der Waals surface area (Å²) in [5, 5.41) is 3.84. The Labute approximate surface area is 125 Å². The summed E-state index contributed by atoms with van der Waals surface area (Å²) in [6.45, 7) is 7.95. The molecule has 112 valence electrons. The highest BCUT2D eigenvalue weighted by atomic mass is 14.9. The predicted octanol–water partition coefficient (Wildman–Crippen LogP) is 4.79. The van der Waals surface area contributed by atoms with Gasteiger partial charge in [0.25, 0.3) is 0 Å². The van der Waals surface area contributed by atoms with E-state index >= 15 is 0 Å². The van der Waals surface area contributed by atoms with Crippen molar-refractivity contribution >= 4 is 0 Å². The molecule has 1 saturated carbocycles. The minimum absolute atomic E-state index is 0.676. The lowest BCUT2D eigenvalue weighted by Crippen LogP contribution is -2.39. The molecular formula is C19H31N. The Kier molecular flexibility index (Phi) is 6.09. The van der Waals surface area contributed by atoms with Gasteiger partial charge in [-0.15, -0.1) is 0 Å². The van der Waals surface area contributed by atoms with E-state index in [1.165, 1.54) is 56.1 Å². The summed E-state index contributed by atoms with van der Waals surface area (Å²) in [6, 6.07) is 7.39. The second kappa shape index (κ2) is 7.83. The van der Waals surface area contributed by atoms with E-state index in [1.807, 2.05) is 0 Å². The maximum atomic E-state index is 3.84. The molecule has 1 heteroatoms. The first kappa shape index (κ1) is 15.6. The maximum absolute atomic E-state index is 3.84. The Bertz CT molecular complexity index is 384. The van der Waals surface area contributed by atoms with Gasteiger partial charge >= 0.3 is 0 Å². The molecule has 0 bridgehead atoms. The van der Waals surface area contributed by atoms with Crippen molar-refractivity contribution in [3.8, 4) is 0 Å². The van der Waals surface area contributed by atoms with E-state index in [4.69, 9.17) is 0 Å². The van der Waals surface area contributed by atoms with Crippen LogP contribution in [0.2, 0.25) is 0 Å². The summed E-state index contributed by atoms with van der Waals surface area (Å²) in [4.78, 5) is 0. The number of rotatable bonds is 6. The lowest BCUT2D eigenvalue weighted by atomic mass is 9.80. The van der Waals surface area contributed by atoms with Crippen LogP contribution in [-0.2, 0) is 6.42 Å². The zero-order valence-corrected chi connectivity index (χ0v) is 13.5. The maximum Gasteiger partial charge on any atom is 0.0136 e. The van der Waals surface area contributed by atoms with Gasteiger partial charge in [0.05, 0.1) is 0 Å². The summed E-state index contributed by atoms with van der Waals surface area (Å²) >= 11 is 0. The van der Waals surface area contributed by atoms with Gasteiger partial charge in [-0.1, -0.05) is 44.4 Å². The molecule has 0 saturated heterocycles. The van der Waals surface area contributed by atoms with E-state index in [1.54, 1.807) is 5.56 Å². The number of benzene rings is 1. The van der Waals surface area contributed by atoms with Crippen LogP contribution in [0.25, 0.3) is 0 Å². The normalized spacial score (nSPS) is 18.1. The van der Waals surface area contributed by atoms with Crippen LogP contribution >= 0.6 is 0 Å². The van der Waals surface area contributed by atoms with Crippen LogP contribution in [0.1, 0.15) is 62.1 Å². The molecule has 1 aromatic rings. The average molecular weight is 273 g/mol. The number of aryl methyl sites for hydroxylation is 2. The van der Waals surface area contributed by atoms with Gasteiger partial charge in [-0.25, -0.2) is 0 Å². The molecule has 1 nitrogen and oxygen atoms in total. The first-order valence-electron chi connectivity index (χ1n) is 8.50. The molecule has 1 unspecified atom stereocenters. The molecule has 0 amide bonds. The molecule has 0 spiro atoms. The van der Waals surface area contributed by atoms with Crippen molar-refractivity contribution in [2.24, 2.45) is 5.92 Å². The van der Waals surface area contributed by atoms with Crippen molar-refractivity contribution in [3.63, 3.8) is 0 Å². The van der Waals surface area contributed by atoms with Crippen LogP contribution < -0.4 is 5.32 Å². The first-order valence-corrected chi connectivity index (χ1v) is 8.50. The highest BCUT2D eigenvalue weighted by Crippen LogP contribution is 2.29. The van der Waals surface area contributed by atoms with Crippen LogP contribution in [0.5, 0.6) is 0 Å². The average Bonchev–Trinajstić information content (AvgIpc) is 2.47. The van der Waals surface area contributed by atoms with Crippen molar-refractivity contribution in [2.45, 2.75) is 71.8 Å². The second-order valence-electron chi connectivity index (χ2n) is 6.53. The van der Waals surface area contributed by atoms with Crippen LogP contribution in [0.3, 0.4) is 0 Å². The zero-order chi connectivity index (χ0) is 14.4. The van der Waals surface area contributed by atoms with Crippen LogP contribution in [0.15, 0.2) is 18.2 Å². The Hall–Kier alpha value is -0.820. The quantitative estimate of drug-likeness (QED) is 0.785. The fraction of sp³-hybridized carbons (Fsp3) is 0.684. The summed E-state index contributed by atoms with van der Waals surface area (Å²) < 4.78 is 0. The van der Waals surface area contributed by atoms with Crippen LogP contribution in [0, 0.1) is 19.8 Å². The number of hydrogen-bond donors (Lipinski definition) is 1.